The zero-order valence-electron chi connectivity index (χ0n) is 14.9. The summed E-state index contributed by atoms with van der Waals surface area (Å²) in [4.78, 5) is 11.9. The van der Waals surface area contributed by atoms with Gasteiger partial charge in [0.1, 0.15) is 12.4 Å². The van der Waals surface area contributed by atoms with Crippen LogP contribution in [0.4, 0.5) is 0 Å². The molecule has 0 saturated heterocycles. The molecule has 0 radical (unpaired) electrons. The number of ether oxygens (including phenoxy) is 1. The molecule has 0 aliphatic rings. The molecule has 3 rings (SSSR count). The molecule has 3 aromatic carbocycles. The van der Waals surface area contributed by atoms with Gasteiger partial charge in [-0.15, -0.1) is 0 Å². The number of carbonyl (C=O) groups is 1. The average molecular weight is 502 g/mol. The lowest BCUT2D eigenvalue weighted by Gasteiger charge is -2.08. The van der Waals surface area contributed by atoms with Crippen LogP contribution in [-0.2, 0) is 17.8 Å². The Morgan fingerprint density at radius 1 is 1.00 bits per heavy atom. The van der Waals surface area contributed by atoms with Gasteiger partial charge in [-0.3, -0.25) is 4.79 Å². The summed E-state index contributed by atoms with van der Waals surface area (Å²) in [7, 11) is 0. The first-order chi connectivity index (χ1) is 13.6. The lowest BCUT2D eigenvalue weighted by Crippen LogP contribution is -2.19. The summed E-state index contributed by atoms with van der Waals surface area (Å²) < 4.78 is 7.83. The standard InChI is InChI=1S/C22H18Br2N2O2/c23-19-9-8-18(21(24)13-19)15-28-20-10-6-17(7-11-20)14-25-26-22(27)12-16-4-2-1-3-5-16/h1-11,13-14H,12,15H2,(H,26,27)/b25-14-. The van der Waals surface area contributed by atoms with Crippen LogP contribution in [0.5, 0.6) is 5.75 Å². The highest BCUT2D eigenvalue weighted by molar-refractivity contribution is 9.11. The second kappa shape index (κ2) is 10.2. The van der Waals surface area contributed by atoms with E-state index < -0.39 is 0 Å². The number of halogens is 2. The molecule has 0 spiro atoms. The first-order valence-electron chi connectivity index (χ1n) is 8.63. The zero-order valence-corrected chi connectivity index (χ0v) is 18.1. The first kappa shape index (κ1) is 20.3. The molecule has 0 unspecified atom stereocenters. The molecule has 1 N–H and O–H groups in total. The summed E-state index contributed by atoms with van der Waals surface area (Å²) in [6.45, 7) is 0.469. The maximum Gasteiger partial charge on any atom is 0.244 e. The summed E-state index contributed by atoms with van der Waals surface area (Å²) in [6.07, 6.45) is 1.91. The van der Waals surface area contributed by atoms with Crippen LogP contribution in [0.15, 0.2) is 86.8 Å². The van der Waals surface area contributed by atoms with Crippen molar-refractivity contribution < 1.29 is 9.53 Å². The van der Waals surface area contributed by atoms with Crippen molar-refractivity contribution in [3.05, 3.63) is 98.4 Å². The molecule has 0 heterocycles. The minimum atomic E-state index is -0.150. The SMILES string of the molecule is O=C(Cc1ccccc1)N/N=C\c1ccc(OCc2ccc(Br)cc2Br)cc1. The van der Waals surface area contributed by atoms with Crippen LogP contribution >= 0.6 is 31.9 Å². The Hall–Kier alpha value is -2.44. The molecule has 0 aliphatic carbocycles. The van der Waals surface area contributed by atoms with Crippen LogP contribution in [0.25, 0.3) is 0 Å². The largest absolute Gasteiger partial charge is 0.489 e. The number of nitrogens with one attached hydrogen (secondary N) is 1. The second-order valence-electron chi connectivity index (χ2n) is 6.05. The van der Waals surface area contributed by atoms with Crippen LogP contribution in [0, 0.1) is 0 Å². The van der Waals surface area contributed by atoms with Gasteiger partial charge in [0.2, 0.25) is 5.91 Å². The maximum absolute atomic E-state index is 11.9. The van der Waals surface area contributed by atoms with Gasteiger partial charge < -0.3 is 4.74 Å². The molecule has 3 aromatic rings. The molecular formula is C22H18Br2N2O2. The molecular weight excluding hydrogens is 484 g/mol. The topological polar surface area (TPSA) is 50.7 Å². The van der Waals surface area contributed by atoms with Gasteiger partial charge in [-0.05, 0) is 47.5 Å². The van der Waals surface area contributed by atoms with Crippen LogP contribution in [0.3, 0.4) is 0 Å². The van der Waals surface area contributed by atoms with Crippen LogP contribution < -0.4 is 10.2 Å². The summed E-state index contributed by atoms with van der Waals surface area (Å²) in [5, 5.41) is 4.00. The van der Waals surface area contributed by atoms with Crippen molar-refractivity contribution in [2.45, 2.75) is 13.0 Å². The van der Waals surface area contributed by atoms with Gasteiger partial charge in [-0.25, -0.2) is 5.43 Å². The van der Waals surface area contributed by atoms with Crippen molar-refractivity contribution in [3.8, 4) is 5.75 Å². The van der Waals surface area contributed by atoms with Crippen LogP contribution in [0.1, 0.15) is 16.7 Å². The molecule has 0 aromatic heterocycles. The van der Waals surface area contributed by atoms with E-state index in [-0.39, 0.29) is 5.91 Å². The third-order valence-corrected chi connectivity index (χ3v) is 5.13. The van der Waals surface area contributed by atoms with E-state index in [1.807, 2.05) is 72.8 Å². The lowest BCUT2D eigenvalue weighted by atomic mass is 10.1. The zero-order chi connectivity index (χ0) is 19.8. The van der Waals surface area contributed by atoms with Crippen molar-refractivity contribution in [1.29, 1.82) is 0 Å². The third kappa shape index (κ3) is 6.32. The molecule has 0 bridgehead atoms. The Morgan fingerprint density at radius 3 is 2.46 bits per heavy atom. The van der Waals surface area contributed by atoms with Crippen molar-refractivity contribution in [3.63, 3.8) is 0 Å². The number of amides is 1. The minimum absolute atomic E-state index is 0.150. The predicted molar refractivity (Wildman–Crippen MR) is 118 cm³/mol. The summed E-state index contributed by atoms with van der Waals surface area (Å²) in [5.74, 6) is 0.613. The lowest BCUT2D eigenvalue weighted by molar-refractivity contribution is -0.120. The molecule has 142 valence electrons. The first-order valence-corrected chi connectivity index (χ1v) is 10.2. The van der Waals surface area contributed by atoms with Crippen molar-refractivity contribution >= 4 is 44.0 Å². The highest BCUT2D eigenvalue weighted by Gasteiger charge is 2.03. The Kier molecular flexibility index (Phi) is 7.39. The molecule has 0 saturated carbocycles. The van der Waals surface area contributed by atoms with Gasteiger partial charge in [0, 0.05) is 14.5 Å². The highest BCUT2D eigenvalue weighted by Crippen LogP contribution is 2.23. The van der Waals surface area contributed by atoms with E-state index in [1.54, 1.807) is 6.21 Å². The molecule has 6 heteroatoms. The Labute approximate surface area is 180 Å². The van der Waals surface area contributed by atoms with Crippen molar-refractivity contribution in [2.24, 2.45) is 5.10 Å². The Morgan fingerprint density at radius 2 is 1.75 bits per heavy atom. The van der Waals surface area contributed by atoms with Gasteiger partial charge in [0.05, 0.1) is 12.6 Å². The molecule has 0 atom stereocenters. The Balaban J connectivity index is 1.48. The molecule has 4 nitrogen and oxygen atoms in total. The van der Waals surface area contributed by atoms with Gasteiger partial charge in [-0.2, -0.15) is 5.10 Å². The number of hydrazone groups is 1. The smallest absolute Gasteiger partial charge is 0.244 e. The normalized spacial score (nSPS) is 10.8. The van der Waals surface area contributed by atoms with Gasteiger partial charge in [0.15, 0.2) is 0 Å². The predicted octanol–water partition coefficient (Wildman–Crippen LogP) is 5.48. The van der Waals surface area contributed by atoms with Gasteiger partial charge in [0.25, 0.3) is 0 Å². The van der Waals surface area contributed by atoms with Crippen LogP contribution in [-0.4, -0.2) is 12.1 Å². The van der Waals surface area contributed by atoms with E-state index in [0.29, 0.717) is 13.0 Å². The second-order valence-corrected chi connectivity index (χ2v) is 7.82. The number of hydrogen-bond donors (Lipinski definition) is 1. The van der Waals surface area contributed by atoms with Gasteiger partial charge in [-0.1, -0.05) is 68.3 Å². The summed E-state index contributed by atoms with van der Waals surface area (Å²) in [6, 6.07) is 23.1. The number of rotatable bonds is 7. The summed E-state index contributed by atoms with van der Waals surface area (Å²) >= 11 is 6.97. The quantitative estimate of drug-likeness (QED) is 0.344. The fourth-order valence-corrected chi connectivity index (χ4v) is 3.61. The highest BCUT2D eigenvalue weighted by atomic mass is 79.9. The van der Waals surface area contributed by atoms with E-state index in [0.717, 1.165) is 31.4 Å². The number of hydrogen-bond acceptors (Lipinski definition) is 3. The van der Waals surface area contributed by atoms with E-state index in [9.17, 15) is 4.79 Å². The van der Waals surface area contributed by atoms with Gasteiger partial charge >= 0.3 is 0 Å². The minimum Gasteiger partial charge on any atom is -0.489 e. The molecule has 1 amide bonds. The van der Waals surface area contributed by atoms with Crippen molar-refractivity contribution in [1.82, 2.24) is 5.43 Å². The maximum atomic E-state index is 11.9. The Bertz CT molecular complexity index is 958. The number of nitrogens with zero attached hydrogens (tertiary/aromatic N) is 1. The fraction of sp³-hybridized carbons (Fsp3) is 0.0909. The molecule has 0 fully saturated rings. The average Bonchev–Trinajstić information content (AvgIpc) is 2.69. The number of carbonyl (C=O) groups excluding carboxylic acids is 1. The van der Waals surface area contributed by atoms with E-state index in [1.165, 1.54) is 0 Å². The monoisotopic (exact) mass is 500 g/mol. The molecule has 0 aliphatic heterocycles. The number of benzene rings is 3. The molecule has 28 heavy (non-hydrogen) atoms. The van der Waals surface area contributed by atoms with E-state index in [2.05, 4.69) is 42.4 Å². The third-order valence-electron chi connectivity index (χ3n) is 3.90. The summed E-state index contributed by atoms with van der Waals surface area (Å²) in [5.41, 5.74) is 5.43. The van der Waals surface area contributed by atoms with Crippen molar-refractivity contribution in [2.75, 3.05) is 0 Å². The van der Waals surface area contributed by atoms with E-state index in [4.69, 9.17) is 4.74 Å². The van der Waals surface area contributed by atoms with Crippen LogP contribution in [0.2, 0.25) is 0 Å². The van der Waals surface area contributed by atoms with E-state index >= 15 is 0 Å². The fourth-order valence-electron chi connectivity index (χ4n) is 2.45.